The smallest absolute Gasteiger partial charge is 0.227 e. The molecule has 1 unspecified atom stereocenters. The van der Waals surface area contributed by atoms with Gasteiger partial charge in [-0.05, 0) is 49.6 Å². The van der Waals surface area contributed by atoms with Gasteiger partial charge in [-0.15, -0.1) is 0 Å². The summed E-state index contributed by atoms with van der Waals surface area (Å²) in [6, 6.07) is 3.79. The predicted molar refractivity (Wildman–Crippen MR) is 65.7 cm³/mol. The molecule has 0 radical (unpaired) electrons. The number of hydrogen-bond acceptors (Lipinski definition) is 2. The third-order valence-corrected chi connectivity index (χ3v) is 3.20. The summed E-state index contributed by atoms with van der Waals surface area (Å²) in [6.45, 7) is 2.49. The van der Waals surface area contributed by atoms with Gasteiger partial charge in [0.1, 0.15) is 0 Å². The van der Waals surface area contributed by atoms with Gasteiger partial charge in [-0.1, -0.05) is 11.6 Å². The Kier molecular flexibility index (Phi) is 3.17. The lowest BCUT2D eigenvalue weighted by molar-refractivity contribution is -0.120. The average molecular weight is 239 g/mol. The van der Waals surface area contributed by atoms with E-state index in [1.165, 1.54) is 0 Å². The van der Waals surface area contributed by atoms with Crippen LogP contribution >= 0.6 is 11.6 Å². The molecule has 86 valence electrons. The van der Waals surface area contributed by atoms with Gasteiger partial charge in [0.15, 0.2) is 0 Å². The first-order valence-corrected chi connectivity index (χ1v) is 5.79. The monoisotopic (exact) mass is 238 g/mol. The Hall–Kier alpha value is -1.06. The highest BCUT2D eigenvalue weighted by Crippen LogP contribution is 2.32. The van der Waals surface area contributed by atoms with E-state index < -0.39 is 0 Å². The number of amides is 1. The summed E-state index contributed by atoms with van der Waals surface area (Å²) >= 11 is 6.01. The Balaban J connectivity index is 2.35. The zero-order chi connectivity index (χ0) is 11.7. The van der Waals surface area contributed by atoms with Crippen LogP contribution in [-0.2, 0) is 11.2 Å². The molecule has 1 aliphatic rings. The van der Waals surface area contributed by atoms with E-state index in [1.807, 2.05) is 19.1 Å². The van der Waals surface area contributed by atoms with Gasteiger partial charge in [-0.3, -0.25) is 4.79 Å². The number of nitrogens with two attached hydrogens (primary N) is 1. The van der Waals surface area contributed by atoms with E-state index in [4.69, 9.17) is 17.3 Å². The maximum Gasteiger partial charge on any atom is 0.227 e. The highest BCUT2D eigenvalue weighted by molar-refractivity contribution is 6.30. The van der Waals surface area contributed by atoms with Gasteiger partial charge in [0, 0.05) is 16.6 Å². The fourth-order valence-electron chi connectivity index (χ4n) is 2.17. The molecular formula is C12H15ClN2O. The molecule has 0 saturated heterocycles. The van der Waals surface area contributed by atoms with Crippen LogP contribution in [0.1, 0.15) is 17.5 Å². The Morgan fingerprint density at radius 2 is 2.31 bits per heavy atom. The molecule has 1 amide bonds. The van der Waals surface area contributed by atoms with E-state index in [0.29, 0.717) is 6.54 Å². The Labute approximate surface area is 100.0 Å². The number of fused-ring (bicyclic) bond motifs is 1. The summed E-state index contributed by atoms with van der Waals surface area (Å²) in [5.74, 6) is 0.0544. The Bertz CT molecular complexity index is 431. The molecule has 4 heteroatoms. The first-order valence-electron chi connectivity index (χ1n) is 5.41. The molecule has 0 bridgehead atoms. The Morgan fingerprint density at radius 3 is 3.00 bits per heavy atom. The molecule has 1 aliphatic heterocycles. The molecule has 3 nitrogen and oxygen atoms in total. The molecule has 0 saturated carbocycles. The third-order valence-electron chi connectivity index (χ3n) is 2.98. The van der Waals surface area contributed by atoms with Crippen molar-refractivity contribution in [1.82, 2.24) is 0 Å². The summed E-state index contributed by atoms with van der Waals surface area (Å²) < 4.78 is 0. The van der Waals surface area contributed by atoms with Crippen LogP contribution in [0, 0.1) is 12.8 Å². The first kappa shape index (κ1) is 11.4. The van der Waals surface area contributed by atoms with Crippen molar-refractivity contribution < 1.29 is 4.79 Å². The molecule has 1 aromatic rings. The molecule has 1 heterocycles. The quantitative estimate of drug-likeness (QED) is 0.829. The van der Waals surface area contributed by atoms with Gasteiger partial charge in [0.25, 0.3) is 0 Å². The molecule has 0 aromatic heterocycles. The van der Waals surface area contributed by atoms with E-state index in [-0.39, 0.29) is 11.8 Å². The molecule has 1 aromatic carbocycles. The fraction of sp³-hybridized carbons (Fsp3) is 0.417. The van der Waals surface area contributed by atoms with E-state index in [0.717, 1.165) is 34.7 Å². The fourth-order valence-corrected chi connectivity index (χ4v) is 2.47. The van der Waals surface area contributed by atoms with Crippen LogP contribution in [0.4, 0.5) is 5.69 Å². The van der Waals surface area contributed by atoms with Gasteiger partial charge >= 0.3 is 0 Å². The van der Waals surface area contributed by atoms with Crippen molar-refractivity contribution in [1.29, 1.82) is 0 Å². The van der Waals surface area contributed by atoms with Gasteiger partial charge in [0.2, 0.25) is 5.91 Å². The van der Waals surface area contributed by atoms with Crippen LogP contribution < -0.4 is 11.1 Å². The van der Waals surface area contributed by atoms with Crippen molar-refractivity contribution >= 4 is 23.2 Å². The van der Waals surface area contributed by atoms with Crippen LogP contribution in [0.5, 0.6) is 0 Å². The molecular weight excluding hydrogens is 224 g/mol. The summed E-state index contributed by atoms with van der Waals surface area (Å²) in [5, 5.41) is 3.66. The number of carbonyl (C=O) groups is 1. The largest absolute Gasteiger partial charge is 0.330 e. The standard InChI is InChI=1S/C12H15ClN2O/c1-7-4-10(13)6-9-5-8(2-3-14)12(16)15-11(7)9/h4,6,8H,2-3,5,14H2,1H3,(H,15,16). The Morgan fingerprint density at radius 1 is 1.56 bits per heavy atom. The molecule has 2 rings (SSSR count). The lowest BCUT2D eigenvalue weighted by Gasteiger charge is -2.25. The van der Waals surface area contributed by atoms with Gasteiger partial charge in [-0.25, -0.2) is 0 Å². The minimum atomic E-state index is -0.0182. The number of nitrogens with one attached hydrogen (secondary N) is 1. The summed E-state index contributed by atoms with van der Waals surface area (Å²) in [6.07, 6.45) is 1.45. The molecule has 3 N–H and O–H groups in total. The molecule has 1 atom stereocenters. The maximum atomic E-state index is 11.8. The second kappa shape index (κ2) is 4.44. The van der Waals surface area contributed by atoms with Crippen molar-refractivity contribution in [2.45, 2.75) is 19.8 Å². The number of anilines is 1. The van der Waals surface area contributed by atoms with Gasteiger partial charge < -0.3 is 11.1 Å². The van der Waals surface area contributed by atoms with Crippen molar-refractivity contribution in [3.63, 3.8) is 0 Å². The van der Waals surface area contributed by atoms with Gasteiger partial charge in [0.05, 0.1) is 0 Å². The lowest BCUT2D eigenvalue weighted by atomic mass is 9.89. The number of aryl methyl sites for hydroxylation is 1. The third kappa shape index (κ3) is 2.06. The van der Waals surface area contributed by atoms with Crippen molar-refractivity contribution in [2.75, 3.05) is 11.9 Å². The van der Waals surface area contributed by atoms with E-state index in [9.17, 15) is 4.79 Å². The number of rotatable bonds is 2. The zero-order valence-corrected chi connectivity index (χ0v) is 9.97. The van der Waals surface area contributed by atoms with Crippen LogP contribution in [0.3, 0.4) is 0 Å². The number of halogens is 1. The van der Waals surface area contributed by atoms with E-state index in [2.05, 4.69) is 5.32 Å². The van der Waals surface area contributed by atoms with Crippen LogP contribution in [0.2, 0.25) is 5.02 Å². The normalized spacial score (nSPS) is 19.2. The molecule has 16 heavy (non-hydrogen) atoms. The lowest BCUT2D eigenvalue weighted by Crippen LogP contribution is -2.31. The van der Waals surface area contributed by atoms with E-state index >= 15 is 0 Å². The average Bonchev–Trinajstić information content (AvgIpc) is 2.21. The van der Waals surface area contributed by atoms with Crippen LogP contribution in [0.15, 0.2) is 12.1 Å². The minimum absolute atomic E-state index is 0.0182. The van der Waals surface area contributed by atoms with Gasteiger partial charge in [-0.2, -0.15) is 0 Å². The van der Waals surface area contributed by atoms with Crippen molar-refractivity contribution in [2.24, 2.45) is 11.7 Å². The maximum absolute atomic E-state index is 11.8. The number of carbonyl (C=O) groups excluding carboxylic acids is 1. The second-order valence-corrected chi connectivity index (χ2v) is 4.66. The zero-order valence-electron chi connectivity index (χ0n) is 9.22. The molecule has 0 spiro atoms. The summed E-state index contributed by atoms with van der Waals surface area (Å²) in [5.41, 5.74) is 8.54. The van der Waals surface area contributed by atoms with Crippen molar-refractivity contribution in [3.8, 4) is 0 Å². The summed E-state index contributed by atoms with van der Waals surface area (Å²) in [7, 11) is 0. The SMILES string of the molecule is Cc1cc(Cl)cc2c1NC(=O)C(CCN)C2. The highest BCUT2D eigenvalue weighted by atomic mass is 35.5. The second-order valence-electron chi connectivity index (χ2n) is 4.22. The summed E-state index contributed by atoms with van der Waals surface area (Å²) in [4.78, 5) is 11.8. The minimum Gasteiger partial charge on any atom is -0.330 e. The first-order chi connectivity index (χ1) is 7.61. The molecule has 0 aliphatic carbocycles. The van der Waals surface area contributed by atoms with Crippen LogP contribution in [0.25, 0.3) is 0 Å². The van der Waals surface area contributed by atoms with E-state index in [1.54, 1.807) is 0 Å². The number of benzene rings is 1. The number of hydrogen-bond donors (Lipinski definition) is 2. The topological polar surface area (TPSA) is 55.1 Å². The highest BCUT2D eigenvalue weighted by Gasteiger charge is 2.26. The predicted octanol–water partition coefficient (Wildman–Crippen LogP) is 2.11. The van der Waals surface area contributed by atoms with Crippen molar-refractivity contribution in [3.05, 3.63) is 28.3 Å². The molecule has 0 fully saturated rings. The van der Waals surface area contributed by atoms with Crippen LogP contribution in [-0.4, -0.2) is 12.5 Å².